The van der Waals surface area contributed by atoms with Gasteiger partial charge in [-0.25, -0.2) is 0 Å². The number of halogens is 3. The second kappa shape index (κ2) is 8.72. The van der Waals surface area contributed by atoms with Crippen molar-refractivity contribution in [1.29, 1.82) is 0 Å². The third-order valence-corrected chi connectivity index (χ3v) is 4.76. The van der Waals surface area contributed by atoms with Gasteiger partial charge in [0.2, 0.25) is 0 Å². The van der Waals surface area contributed by atoms with Crippen molar-refractivity contribution in [3.63, 3.8) is 0 Å². The Labute approximate surface area is 165 Å². The summed E-state index contributed by atoms with van der Waals surface area (Å²) in [6, 6.07) is 20.9. The van der Waals surface area contributed by atoms with Gasteiger partial charge in [-0.3, -0.25) is 0 Å². The molecule has 0 saturated carbocycles. The molecule has 0 aliphatic rings. The van der Waals surface area contributed by atoms with Crippen LogP contribution in [-0.4, -0.2) is 0 Å². The van der Waals surface area contributed by atoms with Crippen LogP contribution < -0.4 is 4.74 Å². The summed E-state index contributed by atoms with van der Waals surface area (Å²) in [7, 11) is 0. The van der Waals surface area contributed by atoms with Gasteiger partial charge >= 0.3 is 0 Å². The van der Waals surface area contributed by atoms with E-state index in [-0.39, 0.29) is 0 Å². The topological polar surface area (TPSA) is 18.5 Å². The average Bonchev–Trinajstić information content (AvgIpc) is 2.60. The summed E-state index contributed by atoms with van der Waals surface area (Å²) >= 11 is 15.7. The van der Waals surface area contributed by atoms with Crippen molar-refractivity contribution in [2.24, 2.45) is 0 Å². The third kappa shape index (κ3) is 5.23. The molecule has 0 bridgehead atoms. The van der Waals surface area contributed by atoms with E-state index in [2.05, 4.69) is 15.9 Å². The Morgan fingerprint density at radius 3 is 2.16 bits per heavy atom. The lowest BCUT2D eigenvalue weighted by molar-refractivity contribution is 0.107. The van der Waals surface area contributed by atoms with Crippen LogP contribution in [0.3, 0.4) is 0 Å². The van der Waals surface area contributed by atoms with Crippen molar-refractivity contribution in [2.45, 2.75) is 13.2 Å². The molecular weight excluding hydrogens is 423 g/mol. The first-order valence-electron chi connectivity index (χ1n) is 7.65. The molecule has 5 heteroatoms. The lowest BCUT2D eigenvalue weighted by Gasteiger charge is -2.10. The molecule has 0 aliphatic carbocycles. The summed E-state index contributed by atoms with van der Waals surface area (Å²) in [6.45, 7) is 0.801. The molecule has 3 aromatic carbocycles. The minimum Gasteiger partial charge on any atom is -0.457 e. The number of ether oxygens (including phenoxy) is 2. The van der Waals surface area contributed by atoms with Crippen LogP contribution in [0.4, 0.5) is 0 Å². The van der Waals surface area contributed by atoms with E-state index in [0.29, 0.717) is 23.3 Å². The molecule has 0 aliphatic heterocycles. The summed E-state index contributed by atoms with van der Waals surface area (Å²) in [5.41, 5.74) is 1.81. The predicted octanol–water partition coefficient (Wildman–Crippen LogP) is 7.27. The molecule has 3 rings (SSSR count). The molecule has 0 heterocycles. The Kier molecular flexibility index (Phi) is 6.38. The van der Waals surface area contributed by atoms with Crippen molar-refractivity contribution >= 4 is 39.1 Å². The van der Waals surface area contributed by atoms with E-state index in [1.807, 2.05) is 54.6 Å². The first kappa shape index (κ1) is 18.3. The molecule has 0 atom stereocenters. The maximum Gasteiger partial charge on any atom is 0.127 e. The highest BCUT2D eigenvalue weighted by atomic mass is 79.9. The Morgan fingerprint density at radius 1 is 0.760 bits per heavy atom. The average molecular weight is 438 g/mol. The molecule has 0 amide bonds. The van der Waals surface area contributed by atoms with Gasteiger partial charge in [-0.2, -0.15) is 0 Å². The third-order valence-electron chi connectivity index (χ3n) is 3.52. The highest BCUT2D eigenvalue weighted by molar-refractivity contribution is 9.10. The number of hydrogen-bond acceptors (Lipinski definition) is 2. The van der Waals surface area contributed by atoms with Crippen LogP contribution in [0.15, 0.2) is 71.2 Å². The van der Waals surface area contributed by atoms with Gasteiger partial charge in [-0.05, 0) is 54.1 Å². The molecular formula is C20H15BrCl2O2. The standard InChI is InChI=1S/C20H15BrCl2O2/c21-15-7-9-16(10-8-15)25-17-4-1-3-14(11-17)12-24-13-18-19(22)5-2-6-20(18)23/h1-11H,12-13H2. The van der Waals surface area contributed by atoms with Crippen molar-refractivity contribution < 1.29 is 9.47 Å². The second-order valence-corrected chi connectivity index (χ2v) is 7.13. The van der Waals surface area contributed by atoms with E-state index >= 15 is 0 Å². The summed E-state index contributed by atoms with van der Waals surface area (Å²) in [5, 5.41) is 1.22. The molecule has 25 heavy (non-hydrogen) atoms. The van der Waals surface area contributed by atoms with Gasteiger partial charge in [0, 0.05) is 20.1 Å². The zero-order valence-electron chi connectivity index (χ0n) is 13.2. The minimum absolute atomic E-state index is 0.357. The van der Waals surface area contributed by atoms with Gasteiger partial charge in [0.25, 0.3) is 0 Å². The molecule has 0 unspecified atom stereocenters. The largest absolute Gasteiger partial charge is 0.457 e. The van der Waals surface area contributed by atoms with Crippen LogP contribution >= 0.6 is 39.1 Å². The van der Waals surface area contributed by atoms with Crippen LogP contribution in [0.1, 0.15) is 11.1 Å². The van der Waals surface area contributed by atoms with Crippen molar-refractivity contribution in [2.75, 3.05) is 0 Å². The lowest BCUT2D eigenvalue weighted by atomic mass is 10.2. The molecule has 0 spiro atoms. The quantitative estimate of drug-likeness (QED) is 0.403. The molecule has 0 saturated heterocycles. The van der Waals surface area contributed by atoms with Crippen LogP contribution in [0, 0.1) is 0 Å². The van der Waals surface area contributed by atoms with Crippen LogP contribution in [0.25, 0.3) is 0 Å². The molecule has 2 nitrogen and oxygen atoms in total. The van der Waals surface area contributed by atoms with Crippen LogP contribution in [0.2, 0.25) is 10.0 Å². The van der Waals surface area contributed by atoms with Gasteiger partial charge in [-0.1, -0.05) is 57.3 Å². The second-order valence-electron chi connectivity index (χ2n) is 5.40. The lowest BCUT2D eigenvalue weighted by Crippen LogP contribution is -1.96. The number of rotatable bonds is 6. The molecule has 0 radical (unpaired) electrons. The molecule has 3 aromatic rings. The molecule has 0 fully saturated rings. The van der Waals surface area contributed by atoms with Crippen LogP contribution in [0.5, 0.6) is 11.5 Å². The predicted molar refractivity (Wildman–Crippen MR) is 106 cm³/mol. The van der Waals surface area contributed by atoms with E-state index in [4.69, 9.17) is 32.7 Å². The van der Waals surface area contributed by atoms with E-state index in [1.54, 1.807) is 12.1 Å². The van der Waals surface area contributed by atoms with E-state index in [0.717, 1.165) is 27.1 Å². The van der Waals surface area contributed by atoms with Gasteiger partial charge in [0.05, 0.1) is 13.2 Å². The van der Waals surface area contributed by atoms with Gasteiger partial charge in [0.1, 0.15) is 11.5 Å². The Balaban J connectivity index is 1.61. The Morgan fingerprint density at radius 2 is 1.44 bits per heavy atom. The summed E-state index contributed by atoms with van der Waals surface area (Å²) < 4.78 is 12.6. The maximum atomic E-state index is 6.15. The zero-order valence-corrected chi connectivity index (χ0v) is 16.3. The molecule has 128 valence electrons. The fourth-order valence-corrected chi connectivity index (χ4v) is 3.05. The van der Waals surface area contributed by atoms with E-state index < -0.39 is 0 Å². The van der Waals surface area contributed by atoms with Crippen molar-refractivity contribution in [3.8, 4) is 11.5 Å². The van der Waals surface area contributed by atoms with E-state index in [1.165, 1.54) is 0 Å². The van der Waals surface area contributed by atoms with Gasteiger partial charge in [-0.15, -0.1) is 0 Å². The Hall–Kier alpha value is -1.52. The first-order valence-corrected chi connectivity index (χ1v) is 9.20. The highest BCUT2D eigenvalue weighted by Crippen LogP contribution is 2.26. The Bertz CT molecular complexity index is 830. The number of hydrogen-bond donors (Lipinski definition) is 0. The van der Waals surface area contributed by atoms with Crippen molar-refractivity contribution in [3.05, 3.63) is 92.4 Å². The van der Waals surface area contributed by atoms with Gasteiger partial charge < -0.3 is 9.47 Å². The highest BCUT2D eigenvalue weighted by Gasteiger charge is 2.06. The summed E-state index contributed by atoms with van der Waals surface area (Å²) in [5.74, 6) is 1.54. The maximum absolute atomic E-state index is 6.15. The SMILES string of the molecule is Clc1cccc(Cl)c1COCc1cccc(Oc2ccc(Br)cc2)c1. The molecule has 0 aromatic heterocycles. The first-order chi connectivity index (χ1) is 12.1. The van der Waals surface area contributed by atoms with Crippen LogP contribution in [-0.2, 0) is 18.0 Å². The fraction of sp³-hybridized carbons (Fsp3) is 0.100. The summed E-state index contributed by atoms with van der Waals surface area (Å²) in [4.78, 5) is 0. The van der Waals surface area contributed by atoms with Gasteiger partial charge in [0.15, 0.2) is 0 Å². The normalized spacial score (nSPS) is 10.7. The van der Waals surface area contributed by atoms with E-state index in [9.17, 15) is 0 Å². The van der Waals surface area contributed by atoms with Crippen molar-refractivity contribution in [1.82, 2.24) is 0 Å². The monoisotopic (exact) mass is 436 g/mol. The smallest absolute Gasteiger partial charge is 0.127 e. The minimum atomic E-state index is 0.357. The zero-order chi connectivity index (χ0) is 17.6. The molecule has 0 N–H and O–H groups in total. The fourth-order valence-electron chi connectivity index (χ4n) is 2.28. The number of benzene rings is 3. The summed E-state index contributed by atoms with van der Waals surface area (Å²) in [6.07, 6.45) is 0.